The van der Waals surface area contributed by atoms with Gasteiger partial charge in [0.05, 0.1) is 12.2 Å². The molecule has 0 atom stereocenters. The van der Waals surface area contributed by atoms with Gasteiger partial charge in [-0.3, -0.25) is 4.79 Å². The van der Waals surface area contributed by atoms with Crippen molar-refractivity contribution < 1.29 is 14.3 Å². The maximum absolute atomic E-state index is 13.5. The molecule has 0 fully saturated rings. The molecule has 5 nitrogen and oxygen atoms in total. The summed E-state index contributed by atoms with van der Waals surface area (Å²) in [6, 6.07) is 20.1. The summed E-state index contributed by atoms with van der Waals surface area (Å²) in [7, 11) is 8.11. The number of likely N-dealkylation sites (N-methyl/N-ethyl adjacent to an activating group) is 1. The predicted octanol–water partition coefficient (Wildman–Crippen LogP) is 6.14. The van der Waals surface area contributed by atoms with Gasteiger partial charge in [0.15, 0.2) is 5.78 Å². The van der Waals surface area contributed by atoms with Crippen molar-refractivity contribution in [3.05, 3.63) is 89.0 Å². The van der Waals surface area contributed by atoms with E-state index >= 15 is 0 Å². The van der Waals surface area contributed by atoms with E-state index in [-0.39, 0.29) is 5.78 Å². The van der Waals surface area contributed by atoms with Gasteiger partial charge in [-0.05, 0) is 89.9 Å². The molecule has 0 spiro atoms. The fourth-order valence-electron chi connectivity index (χ4n) is 4.08. The van der Waals surface area contributed by atoms with Crippen molar-refractivity contribution in [2.24, 2.45) is 0 Å². The molecule has 0 unspecified atom stereocenters. The second kappa shape index (κ2) is 13.8. The van der Waals surface area contributed by atoms with Crippen LogP contribution in [0.4, 0.5) is 0 Å². The first-order chi connectivity index (χ1) is 17.7. The van der Waals surface area contributed by atoms with Gasteiger partial charge in [0.25, 0.3) is 0 Å². The molecule has 0 saturated heterocycles. The zero-order valence-electron chi connectivity index (χ0n) is 23.1. The van der Waals surface area contributed by atoms with E-state index in [0.717, 1.165) is 42.0 Å². The lowest BCUT2D eigenvalue weighted by Crippen LogP contribution is -2.20. The number of carbonyl (C=O) groups is 1. The third kappa shape index (κ3) is 8.88. The Hall–Kier alpha value is -3.41. The first-order valence-electron chi connectivity index (χ1n) is 12.8. The van der Waals surface area contributed by atoms with Crippen molar-refractivity contribution in [1.82, 2.24) is 9.80 Å². The maximum Gasteiger partial charge on any atom is 0.189 e. The summed E-state index contributed by atoms with van der Waals surface area (Å²) in [6.07, 6.45) is 4.38. The molecule has 3 rings (SSSR count). The van der Waals surface area contributed by atoms with Crippen LogP contribution in [0.25, 0.3) is 17.2 Å². The topological polar surface area (TPSA) is 42.0 Å². The molecular formula is C32H40N2O3. The van der Waals surface area contributed by atoms with E-state index in [2.05, 4.69) is 55.9 Å². The van der Waals surface area contributed by atoms with Gasteiger partial charge in [0, 0.05) is 18.7 Å². The van der Waals surface area contributed by atoms with Crippen molar-refractivity contribution in [1.29, 1.82) is 0 Å². The Morgan fingerprint density at radius 2 is 1.43 bits per heavy atom. The number of benzene rings is 3. The Balaban J connectivity index is 1.86. The zero-order chi connectivity index (χ0) is 26.8. The maximum atomic E-state index is 13.5. The molecule has 0 bridgehead atoms. The van der Waals surface area contributed by atoms with Crippen LogP contribution in [-0.2, 0) is 0 Å². The largest absolute Gasteiger partial charge is 0.493 e. The van der Waals surface area contributed by atoms with Crippen LogP contribution in [0, 0.1) is 13.8 Å². The molecule has 3 aromatic carbocycles. The molecule has 0 radical (unpaired) electrons. The highest BCUT2D eigenvalue weighted by atomic mass is 16.5. The SMILES string of the molecule is Cc1cc(C)cc(-c2ccc(OCCN(C)C)c(C(=O)/C=C/c3ccccc3OCCCN(C)C)c2)c1. The highest BCUT2D eigenvalue weighted by Gasteiger charge is 2.14. The van der Waals surface area contributed by atoms with Crippen molar-refractivity contribution in [3.63, 3.8) is 0 Å². The Kier molecular flexibility index (Phi) is 10.5. The summed E-state index contributed by atoms with van der Waals surface area (Å²) in [5.41, 5.74) is 5.89. The lowest BCUT2D eigenvalue weighted by atomic mass is 9.97. The molecule has 37 heavy (non-hydrogen) atoms. The van der Waals surface area contributed by atoms with E-state index in [1.165, 1.54) is 11.1 Å². The lowest BCUT2D eigenvalue weighted by molar-refractivity contribution is 0.104. The van der Waals surface area contributed by atoms with E-state index in [1.807, 2.05) is 62.6 Å². The second-order valence-corrected chi connectivity index (χ2v) is 9.98. The number of ether oxygens (including phenoxy) is 2. The van der Waals surface area contributed by atoms with Crippen molar-refractivity contribution in [2.45, 2.75) is 20.3 Å². The van der Waals surface area contributed by atoms with E-state index in [1.54, 1.807) is 6.08 Å². The summed E-state index contributed by atoms with van der Waals surface area (Å²) in [4.78, 5) is 17.7. The Morgan fingerprint density at radius 1 is 0.757 bits per heavy atom. The lowest BCUT2D eigenvalue weighted by Gasteiger charge is -2.15. The minimum absolute atomic E-state index is 0.103. The number of aryl methyl sites for hydroxylation is 2. The Bertz CT molecular complexity index is 1190. The molecule has 0 aliphatic heterocycles. The quantitative estimate of drug-likeness (QED) is 0.160. The highest BCUT2D eigenvalue weighted by molar-refractivity contribution is 6.09. The Labute approximate surface area is 222 Å². The van der Waals surface area contributed by atoms with Crippen LogP contribution in [0.2, 0.25) is 0 Å². The standard InChI is InChI=1S/C32H40N2O3/c1-24-20-25(2)22-28(21-24)27-13-15-32(37-19-17-34(5)6)29(23-27)30(35)14-12-26-10-7-8-11-31(26)36-18-9-16-33(3)4/h7-8,10-15,20-23H,9,16-19H2,1-6H3/b14-12+. The molecule has 0 N–H and O–H groups in total. The molecule has 0 aliphatic rings. The fourth-order valence-corrected chi connectivity index (χ4v) is 4.08. The molecule has 0 aromatic heterocycles. The highest BCUT2D eigenvalue weighted by Crippen LogP contribution is 2.29. The average Bonchev–Trinajstić information content (AvgIpc) is 2.85. The van der Waals surface area contributed by atoms with Gasteiger partial charge in [-0.15, -0.1) is 0 Å². The first-order valence-corrected chi connectivity index (χ1v) is 12.8. The summed E-state index contributed by atoms with van der Waals surface area (Å²) in [5.74, 6) is 1.27. The van der Waals surface area contributed by atoms with Crippen molar-refractivity contribution in [3.8, 4) is 22.6 Å². The van der Waals surface area contributed by atoms with Gasteiger partial charge >= 0.3 is 0 Å². The minimum Gasteiger partial charge on any atom is -0.493 e. The summed E-state index contributed by atoms with van der Waals surface area (Å²) in [6.45, 7) is 7.03. The van der Waals surface area contributed by atoms with E-state index in [9.17, 15) is 4.79 Å². The predicted molar refractivity (Wildman–Crippen MR) is 154 cm³/mol. The van der Waals surface area contributed by atoms with Crippen LogP contribution >= 0.6 is 0 Å². The van der Waals surface area contributed by atoms with Crippen molar-refractivity contribution >= 4 is 11.9 Å². The molecule has 0 heterocycles. The average molecular weight is 501 g/mol. The fraction of sp³-hybridized carbons (Fsp3) is 0.344. The van der Waals surface area contributed by atoms with Gasteiger partial charge in [0.1, 0.15) is 18.1 Å². The van der Waals surface area contributed by atoms with Crippen molar-refractivity contribution in [2.75, 3.05) is 54.5 Å². The van der Waals surface area contributed by atoms with Crippen LogP contribution in [0.5, 0.6) is 11.5 Å². The van der Waals surface area contributed by atoms with E-state index in [4.69, 9.17) is 9.47 Å². The van der Waals surface area contributed by atoms with Crippen LogP contribution in [0.3, 0.4) is 0 Å². The van der Waals surface area contributed by atoms with Crippen LogP contribution in [0.1, 0.15) is 33.5 Å². The molecule has 0 saturated carbocycles. The normalized spacial score (nSPS) is 11.5. The van der Waals surface area contributed by atoms with Gasteiger partial charge in [0.2, 0.25) is 0 Å². The third-order valence-electron chi connectivity index (χ3n) is 5.94. The molecule has 3 aromatic rings. The zero-order valence-corrected chi connectivity index (χ0v) is 23.1. The van der Waals surface area contributed by atoms with Crippen LogP contribution < -0.4 is 9.47 Å². The number of hydrogen-bond acceptors (Lipinski definition) is 5. The Morgan fingerprint density at radius 3 is 2.14 bits per heavy atom. The molecule has 0 aliphatic carbocycles. The number of carbonyl (C=O) groups excluding carboxylic acids is 1. The van der Waals surface area contributed by atoms with Gasteiger partial charge in [-0.1, -0.05) is 53.6 Å². The smallest absolute Gasteiger partial charge is 0.189 e. The van der Waals surface area contributed by atoms with Crippen LogP contribution in [0.15, 0.2) is 66.7 Å². The number of hydrogen-bond donors (Lipinski definition) is 0. The molecule has 5 heteroatoms. The second-order valence-electron chi connectivity index (χ2n) is 9.98. The number of rotatable bonds is 13. The number of allylic oxidation sites excluding steroid dienone is 1. The minimum atomic E-state index is -0.103. The van der Waals surface area contributed by atoms with Gasteiger partial charge in [-0.25, -0.2) is 0 Å². The number of para-hydroxylation sites is 1. The molecule has 196 valence electrons. The van der Waals surface area contributed by atoms with Crippen LogP contribution in [-0.4, -0.2) is 70.1 Å². The van der Waals surface area contributed by atoms with Gasteiger partial charge in [-0.2, -0.15) is 0 Å². The summed E-state index contributed by atoms with van der Waals surface area (Å²) < 4.78 is 12.0. The van der Waals surface area contributed by atoms with Gasteiger partial charge < -0.3 is 19.3 Å². The summed E-state index contributed by atoms with van der Waals surface area (Å²) >= 11 is 0. The molecular weight excluding hydrogens is 460 g/mol. The summed E-state index contributed by atoms with van der Waals surface area (Å²) in [5, 5.41) is 0. The van der Waals surface area contributed by atoms with E-state index < -0.39 is 0 Å². The van der Waals surface area contributed by atoms with E-state index in [0.29, 0.717) is 24.5 Å². The monoisotopic (exact) mass is 500 g/mol. The third-order valence-corrected chi connectivity index (χ3v) is 5.94. The molecule has 0 amide bonds. The number of nitrogens with zero attached hydrogens (tertiary/aromatic N) is 2. The first kappa shape index (κ1) is 28.2. The number of ketones is 1.